The third-order valence-corrected chi connectivity index (χ3v) is 4.35. The lowest BCUT2D eigenvalue weighted by Gasteiger charge is -2.52. The quantitative estimate of drug-likeness (QED) is 0.818. The van der Waals surface area contributed by atoms with Crippen LogP contribution in [0.4, 0.5) is 0 Å². The first-order valence-electron chi connectivity index (χ1n) is 7.42. The molecule has 18 heavy (non-hydrogen) atoms. The monoisotopic (exact) mass is 256 g/mol. The van der Waals surface area contributed by atoms with Gasteiger partial charge < -0.3 is 10.1 Å². The summed E-state index contributed by atoms with van der Waals surface area (Å²) < 4.78 is 5.50. The number of nitrogens with one attached hydrogen (secondary N) is 1. The highest BCUT2D eigenvalue weighted by molar-refractivity contribution is 5.02. The van der Waals surface area contributed by atoms with Gasteiger partial charge >= 0.3 is 0 Å². The summed E-state index contributed by atoms with van der Waals surface area (Å²) in [6.07, 6.45) is 1.17. The van der Waals surface area contributed by atoms with Crippen molar-refractivity contribution >= 4 is 0 Å². The third kappa shape index (κ3) is 3.46. The molecule has 0 aromatic heterocycles. The summed E-state index contributed by atoms with van der Waals surface area (Å²) in [5.41, 5.74) is 0.469. The SMILES string of the molecule is CCNC(C(C)(C)C)C(C)(CC)N1CCOCC1. The van der Waals surface area contributed by atoms with Crippen LogP contribution in [-0.2, 0) is 4.74 Å². The maximum absolute atomic E-state index is 5.50. The lowest BCUT2D eigenvalue weighted by Crippen LogP contribution is -2.65. The van der Waals surface area contributed by atoms with Gasteiger partial charge in [-0.25, -0.2) is 0 Å². The highest BCUT2D eigenvalue weighted by atomic mass is 16.5. The summed E-state index contributed by atoms with van der Waals surface area (Å²) in [4.78, 5) is 2.62. The molecule has 0 aromatic carbocycles. The minimum atomic E-state index is 0.206. The zero-order valence-electron chi connectivity index (χ0n) is 13.2. The molecule has 0 bridgehead atoms. The molecule has 2 unspecified atom stereocenters. The fourth-order valence-electron chi connectivity index (χ4n) is 3.35. The highest BCUT2D eigenvalue weighted by Crippen LogP contribution is 2.35. The van der Waals surface area contributed by atoms with Gasteiger partial charge in [-0.1, -0.05) is 34.6 Å². The van der Waals surface area contributed by atoms with E-state index in [0.29, 0.717) is 6.04 Å². The van der Waals surface area contributed by atoms with E-state index >= 15 is 0 Å². The van der Waals surface area contributed by atoms with Crippen molar-refractivity contribution in [2.45, 2.75) is 59.5 Å². The summed E-state index contributed by atoms with van der Waals surface area (Å²) in [6.45, 7) is 18.8. The third-order valence-electron chi connectivity index (χ3n) is 4.35. The minimum absolute atomic E-state index is 0.206. The van der Waals surface area contributed by atoms with Crippen LogP contribution in [0.25, 0.3) is 0 Å². The summed E-state index contributed by atoms with van der Waals surface area (Å²) in [6, 6.07) is 0.498. The standard InChI is InChI=1S/C15H32N2O/c1-7-15(6,17-9-11-18-12-10-17)13(16-8-2)14(3,4)5/h13,16H,7-12H2,1-6H3. The summed E-state index contributed by atoms with van der Waals surface area (Å²) in [5.74, 6) is 0. The lowest BCUT2D eigenvalue weighted by atomic mass is 9.72. The molecule has 0 radical (unpaired) electrons. The van der Waals surface area contributed by atoms with Gasteiger partial charge in [0.2, 0.25) is 0 Å². The number of hydrogen-bond donors (Lipinski definition) is 1. The molecule has 108 valence electrons. The topological polar surface area (TPSA) is 24.5 Å². The predicted molar refractivity (Wildman–Crippen MR) is 78.0 cm³/mol. The second-order valence-corrected chi connectivity index (χ2v) is 6.67. The van der Waals surface area contributed by atoms with Crippen LogP contribution in [0, 0.1) is 5.41 Å². The van der Waals surface area contributed by atoms with E-state index in [1.807, 2.05) is 0 Å². The number of rotatable bonds is 5. The van der Waals surface area contributed by atoms with Gasteiger partial charge in [0.05, 0.1) is 13.2 Å². The van der Waals surface area contributed by atoms with Crippen LogP contribution >= 0.6 is 0 Å². The Morgan fingerprint density at radius 1 is 1.11 bits per heavy atom. The number of ether oxygens (including phenoxy) is 1. The van der Waals surface area contributed by atoms with Crippen LogP contribution in [0.15, 0.2) is 0 Å². The molecule has 1 aliphatic rings. The average Bonchev–Trinajstić information content (AvgIpc) is 2.35. The Morgan fingerprint density at radius 2 is 1.67 bits per heavy atom. The second kappa shape index (κ2) is 6.36. The molecule has 0 saturated carbocycles. The molecular weight excluding hydrogens is 224 g/mol. The molecule has 2 atom stereocenters. The highest BCUT2D eigenvalue weighted by Gasteiger charge is 2.43. The normalized spacial score (nSPS) is 23.7. The van der Waals surface area contributed by atoms with Crippen molar-refractivity contribution < 1.29 is 4.74 Å². The Kier molecular flexibility index (Phi) is 5.63. The zero-order chi connectivity index (χ0) is 13.8. The van der Waals surface area contributed by atoms with E-state index < -0.39 is 0 Å². The van der Waals surface area contributed by atoms with Crippen molar-refractivity contribution in [2.24, 2.45) is 5.41 Å². The zero-order valence-corrected chi connectivity index (χ0v) is 13.2. The Labute approximate surface area is 113 Å². The molecule has 0 amide bonds. The molecule has 1 aliphatic heterocycles. The lowest BCUT2D eigenvalue weighted by molar-refractivity contribution is -0.0490. The van der Waals surface area contributed by atoms with E-state index in [2.05, 4.69) is 51.8 Å². The molecule has 3 heteroatoms. The van der Waals surface area contributed by atoms with Gasteiger partial charge in [0.15, 0.2) is 0 Å². The van der Waals surface area contributed by atoms with Crippen LogP contribution in [0.1, 0.15) is 48.0 Å². The molecule has 0 aliphatic carbocycles. The Morgan fingerprint density at radius 3 is 2.06 bits per heavy atom. The Balaban J connectivity index is 2.93. The first-order valence-corrected chi connectivity index (χ1v) is 7.42. The van der Waals surface area contributed by atoms with Crippen molar-refractivity contribution in [1.29, 1.82) is 0 Å². The maximum atomic E-state index is 5.50. The van der Waals surface area contributed by atoms with Crippen LogP contribution in [0.5, 0.6) is 0 Å². The molecule has 0 spiro atoms. The molecule has 1 rings (SSSR count). The molecule has 1 fully saturated rings. The van der Waals surface area contributed by atoms with Crippen LogP contribution in [0.2, 0.25) is 0 Å². The van der Waals surface area contributed by atoms with Crippen molar-refractivity contribution in [2.75, 3.05) is 32.8 Å². The Hall–Kier alpha value is -0.120. The van der Waals surface area contributed by atoms with E-state index in [9.17, 15) is 0 Å². The van der Waals surface area contributed by atoms with E-state index in [1.54, 1.807) is 0 Å². The smallest absolute Gasteiger partial charge is 0.0594 e. The van der Waals surface area contributed by atoms with Gasteiger partial charge in [0, 0.05) is 24.7 Å². The van der Waals surface area contributed by atoms with E-state index in [0.717, 1.165) is 32.8 Å². The van der Waals surface area contributed by atoms with Crippen molar-refractivity contribution in [3.05, 3.63) is 0 Å². The number of hydrogen-bond acceptors (Lipinski definition) is 3. The van der Waals surface area contributed by atoms with Gasteiger partial charge in [-0.2, -0.15) is 0 Å². The maximum Gasteiger partial charge on any atom is 0.0594 e. The largest absolute Gasteiger partial charge is 0.379 e. The first kappa shape index (κ1) is 15.9. The summed E-state index contributed by atoms with van der Waals surface area (Å²) >= 11 is 0. The molecule has 1 saturated heterocycles. The Bertz CT molecular complexity index is 243. The fraction of sp³-hybridized carbons (Fsp3) is 1.00. The van der Waals surface area contributed by atoms with Gasteiger partial charge in [-0.05, 0) is 25.3 Å². The molecule has 1 N–H and O–H groups in total. The van der Waals surface area contributed by atoms with Gasteiger partial charge in [0.25, 0.3) is 0 Å². The molecule has 1 heterocycles. The summed E-state index contributed by atoms with van der Waals surface area (Å²) in [5, 5.41) is 3.73. The number of nitrogens with zero attached hydrogens (tertiary/aromatic N) is 1. The molecular formula is C15H32N2O. The predicted octanol–water partition coefficient (Wildman–Crippen LogP) is 2.51. The van der Waals surface area contributed by atoms with E-state index in [-0.39, 0.29) is 11.0 Å². The summed E-state index contributed by atoms with van der Waals surface area (Å²) in [7, 11) is 0. The minimum Gasteiger partial charge on any atom is -0.379 e. The van der Waals surface area contributed by atoms with Gasteiger partial charge in [-0.15, -0.1) is 0 Å². The second-order valence-electron chi connectivity index (χ2n) is 6.67. The van der Waals surface area contributed by atoms with Gasteiger partial charge in [-0.3, -0.25) is 4.90 Å². The molecule has 0 aromatic rings. The van der Waals surface area contributed by atoms with E-state index in [4.69, 9.17) is 4.74 Å². The van der Waals surface area contributed by atoms with Crippen molar-refractivity contribution in [1.82, 2.24) is 10.2 Å². The van der Waals surface area contributed by atoms with Crippen molar-refractivity contribution in [3.63, 3.8) is 0 Å². The van der Waals surface area contributed by atoms with Crippen LogP contribution < -0.4 is 5.32 Å². The van der Waals surface area contributed by atoms with Crippen LogP contribution in [-0.4, -0.2) is 49.3 Å². The first-order chi connectivity index (χ1) is 8.36. The number of likely N-dealkylation sites (N-methyl/N-ethyl adjacent to an activating group) is 1. The van der Waals surface area contributed by atoms with E-state index in [1.165, 1.54) is 6.42 Å². The average molecular weight is 256 g/mol. The fourth-order valence-corrected chi connectivity index (χ4v) is 3.35. The molecule has 3 nitrogen and oxygen atoms in total. The van der Waals surface area contributed by atoms with Gasteiger partial charge in [0.1, 0.15) is 0 Å². The van der Waals surface area contributed by atoms with Crippen molar-refractivity contribution in [3.8, 4) is 0 Å². The number of morpholine rings is 1. The van der Waals surface area contributed by atoms with Crippen LogP contribution in [0.3, 0.4) is 0 Å².